The summed E-state index contributed by atoms with van der Waals surface area (Å²) in [5.41, 5.74) is 2.14. The van der Waals surface area contributed by atoms with Crippen molar-refractivity contribution in [3.63, 3.8) is 0 Å². The Kier molecular flexibility index (Phi) is 6.34. The van der Waals surface area contributed by atoms with Crippen LogP contribution in [0.3, 0.4) is 0 Å². The Bertz CT molecular complexity index is 1690. The van der Waals surface area contributed by atoms with Crippen LogP contribution in [-0.4, -0.2) is 21.0 Å². The number of nitrogens with zero attached hydrogens (tertiary/aromatic N) is 2. The third-order valence-electron chi connectivity index (χ3n) is 5.69. The normalized spacial score (nSPS) is 12.0. The number of ether oxygens (including phenoxy) is 1. The molecule has 36 heavy (non-hydrogen) atoms. The number of aryl methyl sites for hydroxylation is 1. The van der Waals surface area contributed by atoms with Gasteiger partial charge in [-0.2, -0.15) is 0 Å². The van der Waals surface area contributed by atoms with Crippen LogP contribution in [-0.2, 0) is 11.0 Å². The molecule has 3 aromatic carbocycles. The lowest BCUT2D eigenvalue weighted by Crippen LogP contribution is -2.18. The van der Waals surface area contributed by atoms with E-state index in [2.05, 4.69) is 9.88 Å². The molecule has 0 radical (unpaired) electrons. The first-order valence-corrected chi connectivity index (χ1v) is 12.3. The molecule has 0 aliphatic heterocycles. The Hall–Kier alpha value is -3.95. The summed E-state index contributed by atoms with van der Waals surface area (Å²) in [7, 11) is -0.158. The second kappa shape index (κ2) is 9.60. The molecule has 0 aliphatic rings. The lowest BCUT2D eigenvalue weighted by atomic mass is 10.0. The van der Waals surface area contributed by atoms with Gasteiger partial charge in [-0.25, -0.2) is 8.60 Å². The second-order valence-corrected chi connectivity index (χ2v) is 9.57. The molecule has 0 spiro atoms. The average molecular weight is 524 g/mol. The Morgan fingerprint density at radius 1 is 1.08 bits per heavy atom. The lowest BCUT2D eigenvalue weighted by Gasteiger charge is -2.17. The fraction of sp³-hybridized carbons (Fsp3) is 0.0769. The molecule has 182 valence electrons. The minimum Gasteiger partial charge on any atom is -0.495 e. The molecule has 1 N–H and O–H groups in total. The van der Waals surface area contributed by atoms with E-state index in [1.807, 2.05) is 6.92 Å². The maximum Gasteiger partial charge on any atom is 0.255 e. The van der Waals surface area contributed by atoms with Crippen molar-refractivity contribution in [1.82, 2.24) is 9.72 Å². The molecule has 0 saturated heterocycles. The van der Waals surface area contributed by atoms with Crippen molar-refractivity contribution in [2.45, 2.75) is 11.8 Å². The Morgan fingerprint density at radius 3 is 2.64 bits per heavy atom. The maximum atomic E-state index is 15.4. The number of methoxy groups -OCH3 is 1. The van der Waals surface area contributed by atoms with E-state index in [-0.39, 0.29) is 11.2 Å². The van der Waals surface area contributed by atoms with Crippen LogP contribution in [0.15, 0.2) is 87.2 Å². The summed E-state index contributed by atoms with van der Waals surface area (Å²) < 4.78 is 42.5. The topological polar surface area (TPSA) is 86.4 Å². The molecule has 0 amide bonds. The zero-order chi connectivity index (χ0) is 25.4. The largest absolute Gasteiger partial charge is 0.495 e. The monoisotopic (exact) mass is 523 g/mol. The number of nitrogens with one attached hydrogen (secondary N) is 1. The Labute approximate surface area is 212 Å². The van der Waals surface area contributed by atoms with Gasteiger partial charge in [0.05, 0.1) is 23.2 Å². The van der Waals surface area contributed by atoms with Crippen LogP contribution >= 0.6 is 11.6 Å². The van der Waals surface area contributed by atoms with Gasteiger partial charge in [0.2, 0.25) is 0 Å². The van der Waals surface area contributed by atoms with E-state index in [0.29, 0.717) is 43.5 Å². The van der Waals surface area contributed by atoms with Gasteiger partial charge in [0.1, 0.15) is 17.8 Å². The molecule has 1 atom stereocenters. The molecule has 2 aromatic heterocycles. The predicted octanol–water partition coefficient (Wildman–Crippen LogP) is 5.89. The van der Waals surface area contributed by atoms with Crippen molar-refractivity contribution in [1.29, 1.82) is 0 Å². The smallest absolute Gasteiger partial charge is 0.255 e. The van der Waals surface area contributed by atoms with Gasteiger partial charge in [-0.15, -0.1) is 0 Å². The molecule has 0 bridgehead atoms. The number of aromatic nitrogens is 2. The van der Waals surface area contributed by atoms with E-state index in [0.717, 1.165) is 5.56 Å². The van der Waals surface area contributed by atoms with E-state index >= 15 is 4.39 Å². The molecule has 7 nitrogen and oxygen atoms in total. The van der Waals surface area contributed by atoms with Crippen LogP contribution in [0.1, 0.15) is 5.56 Å². The maximum absolute atomic E-state index is 15.4. The molecule has 1 unspecified atom stereocenters. The summed E-state index contributed by atoms with van der Waals surface area (Å²) in [6.45, 7) is 1.84. The molecule has 5 aromatic rings. The Balaban J connectivity index is 1.61. The number of hydrogen-bond donors (Lipinski definition) is 1. The lowest BCUT2D eigenvalue weighted by molar-refractivity contribution is 0.412. The summed E-state index contributed by atoms with van der Waals surface area (Å²) in [5, 5.41) is 4.91. The van der Waals surface area contributed by atoms with Crippen LogP contribution in [0, 0.1) is 12.7 Å². The van der Waals surface area contributed by atoms with Crippen molar-refractivity contribution in [3.05, 3.63) is 99.8 Å². The van der Waals surface area contributed by atoms with Crippen molar-refractivity contribution in [3.8, 4) is 22.6 Å². The summed E-state index contributed by atoms with van der Waals surface area (Å²) in [4.78, 5) is 13.4. The van der Waals surface area contributed by atoms with Crippen LogP contribution in [0.2, 0.25) is 5.02 Å². The van der Waals surface area contributed by atoms with Gasteiger partial charge < -0.3 is 9.26 Å². The van der Waals surface area contributed by atoms with Gasteiger partial charge in [-0.05, 0) is 60.5 Å². The molecule has 10 heteroatoms. The van der Waals surface area contributed by atoms with Crippen molar-refractivity contribution in [2.75, 3.05) is 11.8 Å². The summed E-state index contributed by atoms with van der Waals surface area (Å²) in [6.07, 6.45) is 1.37. The number of halogens is 2. The van der Waals surface area contributed by atoms with Crippen molar-refractivity contribution < 1.29 is 17.9 Å². The number of anilines is 1. The highest BCUT2D eigenvalue weighted by atomic mass is 35.5. The highest BCUT2D eigenvalue weighted by Gasteiger charge is 2.18. The molecule has 0 saturated carbocycles. The molecule has 2 heterocycles. The van der Waals surface area contributed by atoms with Crippen LogP contribution < -0.4 is 15.0 Å². The summed E-state index contributed by atoms with van der Waals surface area (Å²) in [5.74, 6) is 0.120. The SMILES string of the molecule is COc1cc(-c2ccc(Cl)c(C)c2)c(F)cc1-n1c(=O)ccc2cc(S(=O)Nc3ccon3)ccc21. The van der Waals surface area contributed by atoms with E-state index in [1.165, 1.54) is 30.1 Å². The number of pyridine rings is 1. The standard InChI is InChI=1S/C26H19ClFN3O4S/c1-15-11-16(3-6-20(15)27)19-13-24(34-2)23(14-21(19)28)31-22-7-5-18(12-17(22)4-8-26(31)32)36(33)30-25-9-10-35-29-25/h3-14H,1-2H3,(H,29,30). The first kappa shape index (κ1) is 23.8. The van der Waals surface area contributed by atoms with Crippen LogP contribution in [0.5, 0.6) is 5.75 Å². The first-order chi connectivity index (χ1) is 17.4. The number of hydrogen-bond acceptors (Lipinski definition) is 5. The molecule has 0 fully saturated rings. The fourth-order valence-corrected chi connectivity index (χ4v) is 4.88. The predicted molar refractivity (Wildman–Crippen MR) is 138 cm³/mol. The van der Waals surface area contributed by atoms with Gasteiger partial charge in [-0.3, -0.25) is 14.1 Å². The van der Waals surface area contributed by atoms with Gasteiger partial charge in [0.15, 0.2) is 16.8 Å². The zero-order valence-corrected chi connectivity index (χ0v) is 20.7. The van der Waals surface area contributed by atoms with Gasteiger partial charge in [0, 0.05) is 34.2 Å². The van der Waals surface area contributed by atoms with Gasteiger partial charge >= 0.3 is 0 Å². The summed E-state index contributed by atoms with van der Waals surface area (Å²) in [6, 6.07) is 17.6. The quantitative estimate of drug-likeness (QED) is 0.300. The van der Waals surface area contributed by atoms with Crippen LogP contribution in [0.4, 0.5) is 10.2 Å². The van der Waals surface area contributed by atoms with Crippen molar-refractivity contribution >= 4 is 39.3 Å². The highest BCUT2D eigenvalue weighted by molar-refractivity contribution is 7.86. The molecule has 0 aliphatic carbocycles. The fourth-order valence-electron chi connectivity index (χ4n) is 3.92. The summed E-state index contributed by atoms with van der Waals surface area (Å²) >= 11 is 6.12. The van der Waals surface area contributed by atoms with E-state index in [4.69, 9.17) is 20.9 Å². The number of benzene rings is 3. The third-order valence-corrected chi connectivity index (χ3v) is 7.19. The van der Waals surface area contributed by atoms with E-state index in [1.54, 1.807) is 54.6 Å². The number of rotatable bonds is 6. The average Bonchev–Trinajstić information content (AvgIpc) is 3.38. The third kappa shape index (κ3) is 4.38. The van der Waals surface area contributed by atoms with E-state index < -0.39 is 16.8 Å². The van der Waals surface area contributed by atoms with Gasteiger partial charge in [-0.1, -0.05) is 22.8 Å². The Morgan fingerprint density at radius 2 is 1.92 bits per heavy atom. The molecular weight excluding hydrogens is 505 g/mol. The first-order valence-electron chi connectivity index (χ1n) is 10.7. The molecular formula is C26H19ClFN3O4S. The van der Waals surface area contributed by atoms with Crippen molar-refractivity contribution in [2.24, 2.45) is 0 Å². The molecule has 5 rings (SSSR count). The van der Waals surface area contributed by atoms with E-state index in [9.17, 15) is 9.00 Å². The minimum absolute atomic E-state index is 0.245. The number of fused-ring (bicyclic) bond motifs is 1. The van der Waals surface area contributed by atoms with Gasteiger partial charge in [0.25, 0.3) is 5.56 Å². The highest BCUT2D eigenvalue weighted by Crippen LogP contribution is 2.34. The minimum atomic E-state index is -1.62. The van der Waals surface area contributed by atoms with Crippen LogP contribution in [0.25, 0.3) is 27.7 Å². The zero-order valence-electron chi connectivity index (χ0n) is 19.1. The second-order valence-electron chi connectivity index (χ2n) is 7.95.